The van der Waals surface area contributed by atoms with Crippen LogP contribution in [-0.4, -0.2) is 17.7 Å². The molecule has 2 nitrogen and oxygen atoms in total. The Morgan fingerprint density at radius 2 is 1.76 bits per heavy atom. The number of ketones is 1. The van der Waals surface area contributed by atoms with Crippen LogP contribution in [-0.2, 0) is 0 Å². The first-order chi connectivity index (χ1) is 10.2. The highest BCUT2D eigenvalue weighted by Gasteiger charge is 2.06. The zero-order valence-electron chi connectivity index (χ0n) is 12.1. The monoisotopic (exact) mass is 346 g/mol. The van der Waals surface area contributed by atoms with Crippen LogP contribution < -0.4 is 4.74 Å². The predicted molar refractivity (Wildman–Crippen MR) is 90.4 cm³/mol. The molecule has 0 heterocycles. The van der Waals surface area contributed by atoms with Gasteiger partial charge in [-0.25, -0.2) is 0 Å². The van der Waals surface area contributed by atoms with E-state index in [2.05, 4.69) is 15.9 Å². The number of halogens is 1. The summed E-state index contributed by atoms with van der Waals surface area (Å²) in [6, 6.07) is 15.7. The van der Waals surface area contributed by atoms with Crippen molar-refractivity contribution >= 4 is 21.7 Å². The molecule has 0 atom stereocenters. The molecule has 0 bridgehead atoms. The Kier molecular flexibility index (Phi) is 6.00. The highest BCUT2D eigenvalue weighted by atomic mass is 79.9. The first kappa shape index (κ1) is 15.8. The van der Waals surface area contributed by atoms with E-state index in [1.165, 1.54) is 0 Å². The zero-order chi connectivity index (χ0) is 15.1. The summed E-state index contributed by atoms with van der Waals surface area (Å²) in [5, 5.41) is 1.00. The molecule has 2 rings (SSSR count). The van der Waals surface area contributed by atoms with Gasteiger partial charge < -0.3 is 4.74 Å². The Morgan fingerprint density at radius 3 is 2.43 bits per heavy atom. The SMILES string of the molecule is CC(=O)c1ccc(-c2ccccc2OCCCCBr)cc1. The summed E-state index contributed by atoms with van der Waals surface area (Å²) >= 11 is 3.42. The Balaban J connectivity index is 2.17. The normalized spacial score (nSPS) is 10.4. The summed E-state index contributed by atoms with van der Waals surface area (Å²) in [7, 11) is 0. The number of hydrogen-bond donors (Lipinski definition) is 0. The molecule has 2 aromatic rings. The van der Waals surface area contributed by atoms with Crippen molar-refractivity contribution in [3.63, 3.8) is 0 Å². The maximum absolute atomic E-state index is 11.3. The first-order valence-electron chi connectivity index (χ1n) is 7.11. The van der Waals surface area contributed by atoms with Crippen molar-refractivity contribution in [2.24, 2.45) is 0 Å². The van der Waals surface area contributed by atoms with E-state index in [4.69, 9.17) is 4.74 Å². The quantitative estimate of drug-likeness (QED) is 0.395. The number of benzene rings is 2. The molecule has 0 aliphatic rings. The molecule has 0 amide bonds. The van der Waals surface area contributed by atoms with E-state index in [9.17, 15) is 4.79 Å². The summed E-state index contributed by atoms with van der Waals surface area (Å²) in [5.74, 6) is 0.975. The van der Waals surface area contributed by atoms with Crippen molar-refractivity contribution in [2.45, 2.75) is 19.8 Å². The molecule has 21 heavy (non-hydrogen) atoms. The first-order valence-corrected chi connectivity index (χ1v) is 8.23. The summed E-state index contributed by atoms with van der Waals surface area (Å²) in [5.41, 5.74) is 2.86. The largest absolute Gasteiger partial charge is 0.493 e. The number of ether oxygens (including phenoxy) is 1. The van der Waals surface area contributed by atoms with Gasteiger partial charge in [-0.1, -0.05) is 58.4 Å². The number of rotatable bonds is 7. The van der Waals surface area contributed by atoms with Gasteiger partial charge in [-0.05, 0) is 31.4 Å². The molecule has 0 spiro atoms. The van der Waals surface area contributed by atoms with Gasteiger partial charge in [0.05, 0.1) is 6.61 Å². The molecule has 0 fully saturated rings. The minimum Gasteiger partial charge on any atom is -0.493 e. The molecule has 0 saturated carbocycles. The molecule has 0 N–H and O–H groups in total. The Bertz CT molecular complexity index is 590. The van der Waals surface area contributed by atoms with E-state index in [1.54, 1.807) is 6.92 Å². The van der Waals surface area contributed by atoms with Crippen molar-refractivity contribution in [1.29, 1.82) is 0 Å². The zero-order valence-corrected chi connectivity index (χ0v) is 13.7. The lowest BCUT2D eigenvalue weighted by Gasteiger charge is -2.11. The van der Waals surface area contributed by atoms with Gasteiger partial charge in [0.25, 0.3) is 0 Å². The van der Waals surface area contributed by atoms with Crippen molar-refractivity contribution < 1.29 is 9.53 Å². The fourth-order valence-corrected chi connectivity index (χ4v) is 2.49. The second kappa shape index (κ2) is 7.99. The number of unbranched alkanes of at least 4 members (excludes halogenated alkanes) is 1. The number of hydrogen-bond acceptors (Lipinski definition) is 2. The molecule has 0 unspecified atom stereocenters. The molecule has 0 saturated heterocycles. The lowest BCUT2D eigenvalue weighted by atomic mass is 10.0. The van der Waals surface area contributed by atoms with Crippen molar-refractivity contribution in [1.82, 2.24) is 0 Å². The van der Waals surface area contributed by atoms with Gasteiger partial charge >= 0.3 is 0 Å². The van der Waals surface area contributed by atoms with Gasteiger partial charge in [0, 0.05) is 16.5 Å². The highest BCUT2D eigenvalue weighted by Crippen LogP contribution is 2.30. The smallest absolute Gasteiger partial charge is 0.159 e. The molecule has 110 valence electrons. The van der Waals surface area contributed by atoms with Crippen molar-refractivity contribution in [2.75, 3.05) is 11.9 Å². The molecule has 0 radical (unpaired) electrons. The average Bonchev–Trinajstić information content (AvgIpc) is 2.52. The fraction of sp³-hybridized carbons (Fsp3) is 0.278. The van der Waals surface area contributed by atoms with Gasteiger partial charge in [-0.15, -0.1) is 0 Å². The Labute approximate surface area is 134 Å². The Hall–Kier alpha value is -1.61. The summed E-state index contributed by atoms with van der Waals surface area (Å²) in [6.07, 6.45) is 2.14. The molecule has 3 heteroatoms. The number of para-hydroxylation sites is 1. The van der Waals surface area contributed by atoms with Crippen LogP contribution in [0.15, 0.2) is 48.5 Å². The van der Waals surface area contributed by atoms with E-state index in [-0.39, 0.29) is 5.78 Å². The molecule has 0 aliphatic carbocycles. The second-order valence-electron chi connectivity index (χ2n) is 4.87. The number of alkyl halides is 1. The molecule has 0 aromatic heterocycles. The minimum absolute atomic E-state index is 0.0841. The third-order valence-electron chi connectivity index (χ3n) is 3.28. The van der Waals surface area contributed by atoms with Gasteiger partial charge in [-0.2, -0.15) is 0 Å². The van der Waals surface area contributed by atoms with Crippen LogP contribution in [0.5, 0.6) is 5.75 Å². The summed E-state index contributed by atoms with van der Waals surface area (Å²) in [6.45, 7) is 2.30. The predicted octanol–water partition coefficient (Wildman–Crippen LogP) is 5.11. The molecule has 0 aliphatic heterocycles. The van der Waals surface area contributed by atoms with Gasteiger partial charge in [0.1, 0.15) is 5.75 Å². The highest BCUT2D eigenvalue weighted by molar-refractivity contribution is 9.09. The lowest BCUT2D eigenvalue weighted by Crippen LogP contribution is -1.99. The fourth-order valence-electron chi connectivity index (χ4n) is 2.09. The van der Waals surface area contributed by atoms with Crippen LogP contribution in [0.1, 0.15) is 30.1 Å². The lowest BCUT2D eigenvalue weighted by molar-refractivity contribution is 0.101. The third-order valence-corrected chi connectivity index (χ3v) is 3.84. The van der Waals surface area contributed by atoms with Crippen LogP contribution in [0.4, 0.5) is 0 Å². The third kappa shape index (κ3) is 4.43. The second-order valence-corrected chi connectivity index (χ2v) is 5.67. The van der Waals surface area contributed by atoms with E-state index in [1.807, 2.05) is 48.5 Å². The van der Waals surface area contributed by atoms with Gasteiger partial charge in [-0.3, -0.25) is 4.79 Å². The minimum atomic E-state index is 0.0841. The summed E-state index contributed by atoms with van der Waals surface area (Å²) < 4.78 is 5.88. The van der Waals surface area contributed by atoms with Crippen molar-refractivity contribution in [3.8, 4) is 16.9 Å². The number of Topliss-reactive ketones (excluding diaryl/α,β-unsaturated/α-hetero) is 1. The number of carbonyl (C=O) groups is 1. The van der Waals surface area contributed by atoms with E-state index < -0.39 is 0 Å². The molecular formula is C18H19BrO2. The van der Waals surface area contributed by atoms with E-state index in [0.29, 0.717) is 6.61 Å². The molecular weight excluding hydrogens is 328 g/mol. The maximum Gasteiger partial charge on any atom is 0.159 e. The average molecular weight is 347 g/mol. The van der Waals surface area contributed by atoms with Crippen LogP contribution in [0.25, 0.3) is 11.1 Å². The van der Waals surface area contributed by atoms with Crippen LogP contribution in [0, 0.1) is 0 Å². The maximum atomic E-state index is 11.3. The van der Waals surface area contributed by atoms with E-state index >= 15 is 0 Å². The van der Waals surface area contributed by atoms with Crippen LogP contribution in [0.2, 0.25) is 0 Å². The summed E-state index contributed by atoms with van der Waals surface area (Å²) in [4.78, 5) is 11.3. The van der Waals surface area contributed by atoms with Gasteiger partial charge in [0.2, 0.25) is 0 Å². The van der Waals surface area contributed by atoms with Crippen LogP contribution >= 0.6 is 15.9 Å². The molecule has 2 aromatic carbocycles. The van der Waals surface area contributed by atoms with E-state index in [0.717, 1.165) is 40.6 Å². The standard InChI is InChI=1S/C18H19BrO2/c1-14(20)15-8-10-16(11-9-15)17-6-2-3-7-18(17)21-13-5-4-12-19/h2-3,6-11H,4-5,12-13H2,1H3. The van der Waals surface area contributed by atoms with Gasteiger partial charge in [0.15, 0.2) is 5.78 Å². The van der Waals surface area contributed by atoms with Crippen molar-refractivity contribution in [3.05, 3.63) is 54.1 Å². The van der Waals surface area contributed by atoms with Crippen LogP contribution in [0.3, 0.4) is 0 Å². The Morgan fingerprint density at radius 1 is 1.05 bits per heavy atom. The number of carbonyl (C=O) groups excluding carboxylic acids is 1. The topological polar surface area (TPSA) is 26.3 Å².